The Bertz CT molecular complexity index is 604. The number of ether oxygens (including phenoxy) is 2. The maximum Gasteiger partial charge on any atom is 0.142 e. The first-order valence-corrected chi connectivity index (χ1v) is 7.32. The molecule has 0 saturated heterocycles. The molecule has 2 aromatic carbocycles. The molecule has 0 bridgehead atoms. The lowest BCUT2D eigenvalue weighted by molar-refractivity contribution is 0.191. The molecule has 0 fully saturated rings. The normalized spacial score (nSPS) is 11.8. The summed E-state index contributed by atoms with van der Waals surface area (Å²) in [4.78, 5) is 0. The molecule has 0 spiro atoms. The van der Waals surface area contributed by atoms with Crippen LogP contribution in [0.5, 0.6) is 11.5 Å². The van der Waals surface area contributed by atoms with E-state index in [2.05, 4.69) is 21.2 Å². The highest BCUT2D eigenvalue weighted by atomic mass is 79.9. The van der Waals surface area contributed by atoms with Gasteiger partial charge < -0.3 is 19.9 Å². The third kappa shape index (κ3) is 4.12. The van der Waals surface area contributed by atoms with Crippen molar-refractivity contribution in [2.75, 3.05) is 26.1 Å². The molecule has 5 heteroatoms. The van der Waals surface area contributed by atoms with Crippen LogP contribution in [0.3, 0.4) is 0 Å². The number of halogens is 1. The lowest BCUT2D eigenvalue weighted by atomic mass is 10.1. The minimum Gasteiger partial charge on any atom is -0.497 e. The van der Waals surface area contributed by atoms with Crippen molar-refractivity contribution in [1.29, 1.82) is 0 Å². The molecule has 0 aliphatic carbocycles. The first-order chi connectivity index (χ1) is 10.1. The lowest BCUT2D eigenvalue weighted by Gasteiger charge is -2.16. The number of benzene rings is 2. The highest BCUT2D eigenvalue weighted by Crippen LogP contribution is 2.29. The summed E-state index contributed by atoms with van der Waals surface area (Å²) in [6, 6.07) is 13.1. The van der Waals surface area contributed by atoms with Crippen molar-refractivity contribution in [1.82, 2.24) is 0 Å². The quantitative estimate of drug-likeness (QED) is 0.834. The smallest absolute Gasteiger partial charge is 0.142 e. The Hall–Kier alpha value is -1.72. The molecule has 0 heterocycles. The summed E-state index contributed by atoms with van der Waals surface area (Å²) in [5.74, 6) is 1.44. The van der Waals surface area contributed by atoms with Crippen LogP contribution in [-0.2, 0) is 0 Å². The van der Waals surface area contributed by atoms with Gasteiger partial charge in [-0.25, -0.2) is 0 Å². The van der Waals surface area contributed by atoms with Crippen LogP contribution in [0.1, 0.15) is 11.7 Å². The number of hydrogen-bond acceptors (Lipinski definition) is 4. The second-order valence-corrected chi connectivity index (χ2v) is 5.43. The van der Waals surface area contributed by atoms with E-state index in [4.69, 9.17) is 9.47 Å². The summed E-state index contributed by atoms with van der Waals surface area (Å²) in [7, 11) is 3.22. The predicted octanol–water partition coefficient (Wildman–Crippen LogP) is 3.61. The van der Waals surface area contributed by atoms with E-state index in [-0.39, 0.29) is 0 Å². The second-order valence-electron chi connectivity index (χ2n) is 4.52. The molecule has 0 aromatic heterocycles. The van der Waals surface area contributed by atoms with Gasteiger partial charge >= 0.3 is 0 Å². The number of aliphatic hydroxyl groups is 1. The van der Waals surface area contributed by atoms with Gasteiger partial charge in [-0.2, -0.15) is 0 Å². The molecule has 0 aliphatic heterocycles. The molecular formula is C16H18BrNO3. The van der Waals surface area contributed by atoms with Crippen LogP contribution in [0.25, 0.3) is 0 Å². The van der Waals surface area contributed by atoms with Gasteiger partial charge in [-0.15, -0.1) is 0 Å². The van der Waals surface area contributed by atoms with Gasteiger partial charge in [0.05, 0.1) is 26.0 Å². The Morgan fingerprint density at radius 2 is 1.95 bits per heavy atom. The largest absolute Gasteiger partial charge is 0.497 e. The van der Waals surface area contributed by atoms with E-state index >= 15 is 0 Å². The molecule has 0 radical (unpaired) electrons. The van der Waals surface area contributed by atoms with Crippen LogP contribution >= 0.6 is 15.9 Å². The fourth-order valence-corrected chi connectivity index (χ4v) is 2.41. The summed E-state index contributed by atoms with van der Waals surface area (Å²) in [6.07, 6.45) is -0.613. The fraction of sp³-hybridized carbons (Fsp3) is 0.250. The van der Waals surface area contributed by atoms with Gasteiger partial charge in [0.15, 0.2) is 0 Å². The highest BCUT2D eigenvalue weighted by molar-refractivity contribution is 9.10. The summed E-state index contributed by atoms with van der Waals surface area (Å²) >= 11 is 3.40. The molecule has 0 amide bonds. The Morgan fingerprint density at radius 1 is 1.14 bits per heavy atom. The van der Waals surface area contributed by atoms with Gasteiger partial charge in [0.1, 0.15) is 11.5 Å². The SMILES string of the molecule is COc1ccc(OC)c(NCC(O)c2cccc(Br)c2)c1. The fourth-order valence-electron chi connectivity index (χ4n) is 1.99. The molecular weight excluding hydrogens is 334 g/mol. The van der Waals surface area contributed by atoms with Crippen molar-refractivity contribution in [3.8, 4) is 11.5 Å². The van der Waals surface area contributed by atoms with E-state index < -0.39 is 6.10 Å². The van der Waals surface area contributed by atoms with E-state index in [9.17, 15) is 5.11 Å². The number of rotatable bonds is 6. The van der Waals surface area contributed by atoms with Crippen molar-refractivity contribution in [3.63, 3.8) is 0 Å². The molecule has 112 valence electrons. The van der Waals surface area contributed by atoms with Gasteiger partial charge in [0.25, 0.3) is 0 Å². The monoisotopic (exact) mass is 351 g/mol. The average Bonchev–Trinajstić information content (AvgIpc) is 2.52. The maximum absolute atomic E-state index is 10.2. The molecule has 0 aliphatic rings. The third-order valence-electron chi connectivity index (χ3n) is 3.13. The number of aliphatic hydroxyl groups excluding tert-OH is 1. The van der Waals surface area contributed by atoms with Gasteiger partial charge in [0, 0.05) is 17.1 Å². The Labute approximate surface area is 132 Å². The predicted molar refractivity (Wildman–Crippen MR) is 87.1 cm³/mol. The first kappa shape index (κ1) is 15.7. The Morgan fingerprint density at radius 3 is 2.62 bits per heavy atom. The average molecular weight is 352 g/mol. The molecule has 4 nitrogen and oxygen atoms in total. The zero-order valence-electron chi connectivity index (χ0n) is 12.0. The van der Waals surface area contributed by atoms with E-state index in [1.54, 1.807) is 14.2 Å². The minimum atomic E-state index is -0.613. The topological polar surface area (TPSA) is 50.7 Å². The Kier molecular flexibility index (Phi) is 5.47. The van der Waals surface area contributed by atoms with E-state index in [1.165, 1.54) is 0 Å². The second kappa shape index (κ2) is 7.33. The van der Waals surface area contributed by atoms with E-state index in [0.29, 0.717) is 12.3 Å². The number of hydrogen-bond donors (Lipinski definition) is 2. The summed E-state index contributed by atoms with van der Waals surface area (Å²) in [6.45, 7) is 0.375. The molecule has 2 rings (SSSR count). The van der Waals surface area contributed by atoms with Crippen molar-refractivity contribution < 1.29 is 14.6 Å². The maximum atomic E-state index is 10.2. The van der Waals surface area contributed by atoms with Crippen LogP contribution in [0.2, 0.25) is 0 Å². The van der Waals surface area contributed by atoms with Gasteiger partial charge in [-0.1, -0.05) is 28.1 Å². The molecule has 1 unspecified atom stereocenters. The molecule has 0 saturated carbocycles. The number of anilines is 1. The molecule has 21 heavy (non-hydrogen) atoms. The van der Waals surface area contributed by atoms with Gasteiger partial charge in [-0.3, -0.25) is 0 Å². The Balaban J connectivity index is 2.08. The highest BCUT2D eigenvalue weighted by Gasteiger charge is 2.10. The first-order valence-electron chi connectivity index (χ1n) is 6.53. The summed E-state index contributed by atoms with van der Waals surface area (Å²) in [5.41, 5.74) is 1.63. The van der Waals surface area contributed by atoms with Gasteiger partial charge in [-0.05, 0) is 29.8 Å². The summed E-state index contributed by atoms with van der Waals surface area (Å²) < 4.78 is 11.4. The molecule has 1 atom stereocenters. The number of nitrogens with one attached hydrogen (secondary N) is 1. The third-order valence-corrected chi connectivity index (χ3v) is 3.62. The number of methoxy groups -OCH3 is 2. The van der Waals surface area contributed by atoms with Crippen molar-refractivity contribution in [3.05, 3.63) is 52.5 Å². The zero-order valence-corrected chi connectivity index (χ0v) is 13.6. The standard InChI is InChI=1S/C16H18BrNO3/c1-20-13-6-7-16(21-2)14(9-13)18-10-15(19)11-4-3-5-12(17)8-11/h3-9,15,18-19H,10H2,1-2H3. The van der Waals surface area contributed by atoms with Crippen LogP contribution in [0.15, 0.2) is 46.9 Å². The van der Waals surface area contributed by atoms with Gasteiger partial charge in [0.2, 0.25) is 0 Å². The van der Waals surface area contributed by atoms with Crippen molar-refractivity contribution in [2.24, 2.45) is 0 Å². The van der Waals surface area contributed by atoms with Crippen LogP contribution in [0.4, 0.5) is 5.69 Å². The minimum absolute atomic E-state index is 0.375. The zero-order chi connectivity index (χ0) is 15.2. The molecule has 2 aromatic rings. The van der Waals surface area contributed by atoms with Crippen LogP contribution in [-0.4, -0.2) is 25.9 Å². The molecule has 2 N–H and O–H groups in total. The van der Waals surface area contributed by atoms with E-state index in [0.717, 1.165) is 21.5 Å². The van der Waals surface area contributed by atoms with Crippen LogP contribution < -0.4 is 14.8 Å². The summed E-state index contributed by atoms with van der Waals surface area (Å²) in [5, 5.41) is 13.4. The lowest BCUT2D eigenvalue weighted by Crippen LogP contribution is -2.12. The van der Waals surface area contributed by atoms with Crippen molar-refractivity contribution in [2.45, 2.75) is 6.10 Å². The van der Waals surface area contributed by atoms with E-state index in [1.807, 2.05) is 42.5 Å². The van der Waals surface area contributed by atoms with Crippen molar-refractivity contribution >= 4 is 21.6 Å². The van der Waals surface area contributed by atoms with Crippen LogP contribution in [0, 0.1) is 0 Å².